The molecule has 6 atom stereocenters. The second-order valence-electron chi connectivity index (χ2n) is 19.2. The van der Waals surface area contributed by atoms with Crippen molar-refractivity contribution < 1.29 is 57.8 Å². The number of aliphatic hydroxyl groups is 2. The lowest BCUT2D eigenvalue weighted by Gasteiger charge is -2.59. The van der Waals surface area contributed by atoms with Crippen molar-refractivity contribution in [1.82, 2.24) is 4.90 Å². The molecule has 2 N–H and O–H groups in total. The van der Waals surface area contributed by atoms with E-state index in [1.807, 2.05) is 36.4 Å². The van der Waals surface area contributed by atoms with Crippen molar-refractivity contribution in [2.24, 2.45) is 22.9 Å². The molecule has 0 bridgehead atoms. The average Bonchev–Trinajstić information content (AvgIpc) is 3.86. The third-order valence-electron chi connectivity index (χ3n) is 14.5. The number of carbonyl (C=O) groups excluding carboxylic acids is 2. The Hall–Kier alpha value is -5.57. The molecular weight excluding hydrogens is 905 g/mol. The number of methoxy groups -OCH3 is 1. The monoisotopic (exact) mass is 981 g/mol. The standard InChI is InChI=1S/C57H76N2O12/c1-5-7-8-9-10-11-12-13-14-19-31-66-56(63)59(37-40-22-25-51-52(32-40)68-39-67-51)53-36-48(58-65-4)46-34-41(20-15-17-28-60)45(21-16-18-29-61)54-47-35-44(70-43-23-26-49(64-3)42(33-43)38-62)24-27-50(47)71-57(53,55(46)54)69-30-6-2/h6,22-27,32-35,38,41,45,53-55,60-61H,2,5,7-21,28-31,36-37,39H2,1,3-4H3/t41-,45+,53-,54+,55+,57+/m0/s1. The maximum absolute atomic E-state index is 15.1. The van der Waals surface area contributed by atoms with Crippen molar-refractivity contribution in [2.45, 2.75) is 140 Å². The molecule has 2 aliphatic heterocycles. The molecule has 2 heterocycles. The minimum Gasteiger partial charge on any atom is -0.496 e. The lowest BCUT2D eigenvalue weighted by Crippen LogP contribution is -2.70. The van der Waals surface area contributed by atoms with E-state index in [2.05, 4.69) is 19.6 Å². The van der Waals surface area contributed by atoms with Crippen LogP contribution in [-0.4, -0.2) is 92.5 Å². The number of amides is 1. The Balaban J connectivity index is 1.32. The molecule has 71 heavy (non-hydrogen) atoms. The van der Waals surface area contributed by atoms with E-state index in [0.717, 1.165) is 67.9 Å². The number of unbranched alkanes of at least 4 members (excludes halogenated alkanes) is 11. The van der Waals surface area contributed by atoms with E-state index in [1.165, 1.54) is 59.2 Å². The van der Waals surface area contributed by atoms with Crippen LogP contribution in [0.2, 0.25) is 0 Å². The van der Waals surface area contributed by atoms with Crippen molar-refractivity contribution in [3.8, 4) is 34.5 Å². The molecule has 3 aromatic rings. The fraction of sp³-hybridized carbons (Fsp3) is 0.561. The topological polar surface area (TPSA) is 164 Å². The Bertz CT molecular complexity index is 2280. The summed E-state index contributed by atoms with van der Waals surface area (Å²) in [5.74, 6) is 0.949. The predicted molar refractivity (Wildman–Crippen MR) is 272 cm³/mol. The summed E-state index contributed by atoms with van der Waals surface area (Å²) in [7, 11) is 3.05. The minimum absolute atomic E-state index is 0.00519. The van der Waals surface area contributed by atoms with Gasteiger partial charge in [0.15, 0.2) is 17.8 Å². The van der Waals surface area contributed by atoms with E-state index in [-0.39, 0.29) is 63.9 Å². The Morgan fingerprint density at radius 3 is 2.27 bits per heavy atom. The van der Waals surface area contributed by atoms with Gasteiger partial charge in [0.05, 0.1) is 37.5 Å². The molecule has 14 heteroatoms. The van der Waals surface area contributed by atoms with Crippen molar-refractivity contribution in [2.75, 3.05) is 47.4 Å². The number of hydrogen-bond acceptors (Lipinski definition) is 13. The number of hydrogen-bond donors (Lipinski definition) is 2. The summed E-state index contributed by atoms with van der Waals surface area (Å²) in [6.07, 6.45) is 20.4. The van der Waals surface area contributed by atoms with Crippen LogP contribution in [0, 0.1) is 17.8 Å². The van der Waals surface area contributed by atoms with Crippen molar-refractivity contribution in [3.63, 3.8) is 0 Å². The zero-order valence-corrected chi connectivity index (χ0v) is 42.2. The highest BCUT2D eigenvalue weighted by atomic mass is 16.7. The Kier molecular flexibility index (Phi) is 20.1. The largest absolute Gasteiger partial charge is 0.496 e. The zero-order chi connectivity index (χ0) is 50.0. The number of aliphatic hydroxyl groups excluding tert-OH is 2. The first-order valence-corrected chi connectivity index (χ1v) is 26.1. The average molecular weight is 981 g/mol. The van der Waals surface area contributed by atoms with E-state index in [9.17, 15) is 15.0 Å². The Labute approximate surface area is 420 Å². The van der Waals surface area contributed by atoms with Gasteiger partial charge >= 0.3 is 6.09 Å². The third kappa shape index (κ3) is 12.9. The number of allylic oxidation sites excluding steroid dienone is 1. The molecule has 4 aliphatic rings. The summed E-state index contributed by atoms with van der Waals surface area (Å²) in [6, 6.07) is 15.7. The fourth-order valence-corrected chi connectivity index (χ4v) is 11.2. The van der Waals surface area contributed by atoms with E-state index in [1.54, 1.807) is 29.2 Å². The van der Waals surface area contributed by atoms with Crippen LogP contribution in [-0.2, 0) is 20.9 Å². The summed E-state index contributed by atoms with van der Waals surface area (Å²) >= 11 is 0. The lowest BCUT2D eigenvalue weighted by molar-refractivity contribution is -0.256. The van der Waals surface area contributed by atoms with E-state index in [0.29, 0.717) is 58.6 Å². The summed E-state index contributed by atoms with van der Waals surface area (Å²) in [5, 5.41) is 24.8. The molecule has 7 rings (SSSR count). The molecule has 1 amide bonds. The van der Waals surface area contributed by atoms with Gasteiger partial charge in [-0.25, -0.2) is 4.79 Å². The van der Waals surface area contributed by atoms with E-state index >= 15 is 4.79 Å². The fourth-order valence-electron chi connectivity index (χ4n) is 11.2. The summed E-state index contributed by atoms with van der Waals surface area (Å²) in [6.45, 7) is 7.07. The molecule has 1 saturated carbocycles. The molecule has 3 aromatic carbocycles. The first-order chi connectivity index (χ1) is 34.8. The van der Waals surface area contributed by atoms with Crippen LogP contribution < -0.4 is 23.7 Å². The number of rotatable bonds is 30. The number of ether oxygens (including phenoxy) is 7. The number of benzene rings is 3. The van der Waals surface area contributed by atoms with Crippen LogP contribution in [0.15, 0.2) is 84.1 Å². The lowest BCUT2D eigenvalue weighted by atomic mass is 9.55. The van der Waals surface area contributed by atoms with Crippen LogP contribution in [0.5, 0.6) is 34.5 Å². The second-order valence-corrected chi connectivity index (χ2v) is 19.2. The van der Waals surface area contributed by atoms with E-state index in [4.69, 9.17) is 43.2 Å². The number of fused-ring (bicyclic) bond motifs is 3. The molecule has 0 radical (unpaired) electrons. The molecule has 386 valence electrons. The van der Waals surface area contributed by atoms with E-state index < -0.39 is 23.8 Å². The highest BCUT2D eigenvalue weighted by Gasteiger charge is 2.65. The SMILES string of the molecule is C=CCO[C@@]12Oc3ccc(Oc4ccc(OC)c(C=O)c4)cc3[C@H]3[C@H](CCCCO)[C@@H](CCCCO)C=C(C(=NOC)C[C@@H]1N(Cc1ccc4c(c1)OCO4)C(=O)OCCCCCCCCCCCC)[C@H]32. The molecule has 0 saturated heterocycles. The molecule has 0 aromatic heterocycles. The van der Waals surface area contributed by atoms with Crippen molar-refractivity contribution in [1.29, 1.82) is 0 Å². The molecule has 0 spiro atoms. The number of oxime groups is 1. The maximum Gasteiger partial charge on any atom is 0.410 e. The van der Waals surface area contributed by atoms with Gasteiger partial charge in [0.25, 0.3) is 0 Å². The highest BCUT2D eigenvalue weighted by molar-refractivity contribution is 6.03. The van der Waals surface area contributed by atoms with Gasteiger partial charge in [-0.1, -0.05) is 101 Å². The minimum atomic E-state index is -1.50. The summed E-state index contributed by atoms with van der Waals surface area (Å²) in [4.78, 5) is 34.5. The van der Waals surface area contributed by atoms with Gasteiger partial charge in [0.1, 0.15) is 36.1 Å². The Morgan fingerprint density at radius 2 is 1.55 bits per heavy atom. The van der Waals surface area contributed by atoms with Crippen LogP contribution in [0.25, 0.3) is 0 Å². The van der Waals surface area contributed by atoms with Gasteiger partial charge in [0, 0.05) is 37.7 Å². The third-order valence-corrected chi connectivity index (χ3v) is 14.5. The Morgan fingerprint density at radius 1 is 0.845 bits per heavy atom. The van der Waals surface area contributed by atoms with Crippen LogP contribution in [0.4, 0.5) is 4.79 Å². The quantitative estimate of drug-likeness (QED) is 0.0282. The summed E-state index contributed by atoms with van der Waals surface area (Å²) < 4.78 is 44.3. The summed E-state index contributed by atoms with van der Waals surface area (Å²) in [5.41, 5.74) is 3.63. The van der Waals surface area contributed by atoms with Gasteiger partial charge in [-0.2, -0.15) is 0 Å². The van der Waals surface area contributed by atoms with Gasteiger partial charge in [0.2, 0.25) is 12.6 Å². The highest BCUT2D eigenvalue weighted by Crippen LogP contribution is 2.62. The molecule has 0 unspecified atom stereocenters. The predicted octanol–water partition coefficient (Wildman–Crippen LogP) is 11.9. The van der Waals surface area contributed by atoms with Gasteiger partial charge in [-0.3, -0.25) is 9.69 Å². The van der Waals surface area contributed by atoms with Crippen LogP contribution >= 0.6 is 0 Å². The van der Waals surface area contributed by atoms with Crippen LogP contribution in [0.1, 0.15) is 143 Å². The van der Waals surface area contributed by atoms with Gasteiger partial charge in [-0.15, -0.1) is 6.58 Å². The zero-order valence-electron chi connectivity index (χ0n) is 42.2. The molecule has 14 nitrogen and oxygen atoms in total. The maximum atomic E-state index is 15.1. The second kappa shape index (κ2) is 26.8. The number of carbonyl (C=O) groups is 2. The number of aldehydes is 1. The van der Waals surface area contributed by atoms with Crippen molar-refractivity contribution in [3.05, 3.63) is 95.6 Å². The number of nitrogens with zero attached hydrogens (tertiary/aromatic N) is 2. The van der Waals surface area contributed by atoms with Gasteiger partial charge < -0.3 is 48.2 Å². The molecule has 2 aliphatic carbocycles. The van der Waals surface area contributed by atoms with Crippen LogP contribution in [0.3, 0.4) is 0 Å². The van der Waals surface area contributed by atoms with Gasteiger partial charge in [-0.05, 0) is 104 Å². The first kappa shape index (κ1) is 53.2. The molecular formula is C57H76N2O12. The normalized spacial score (nSPS) is 22.1. The molecule has 1 fully saturated rings. The van der Waals surface area contributed by atoms with Crippen molar-refractivity contribution >= 4 is 18.1 Å². The smallest absolute Gasteiger partial charge is 0.410 e. The first-order valence-electron chi connectivity index (χ1n) is 26.1.